The summed E-state index contributed by atoms with van der Waals surface area (Å²) in [6.07, 6.45) is 1.39. The number of alkyl halides is 2. The molecule has 7 heteroatoms. The molecule has 1 aromatic rings. The van der Waals surface area contributed by atoms with Crippen LogP contribution in [0, 0.1) is 0 Å². The minimum atomic E-state index is -0.545. The molecule has 1 saturated heterocycles. The molecule has 1 aliphatic heterocycles. The Hall–Kier alpha value is -0.920. The van der Waals surface area contributed by atoms with Crippen molar-refractivity contribution in [3.05, 3.63) is 35.9 Å². The molecule has 1 aromatic carbocycles. The number of hydrogen-bond acceptors (Lipinski definition) is 5. The average Bonchev–Trinajstić information content (AvgIpc) is 2.96. The molecule has 1 aliphatic rings. The molecule has 0 amide bonds. The van der Waals surface area contributed by atoms with Gasteiger partial charge in [0.25, 0.3) is 0 Å². The van der Waals surface area contributed by atoms with E-state index in [1.165, 1.54) is 5.06 Å². The lowest BCUT2D eigenvalue weighted by Gasteiger charge is -2.22. The second-order valence-corrected chi connectivity index (χ2v) is 6.21. The van der Waals surface area contributed by atoms with Crippen LogP contribution in [0.4, 0.5) is 0 Å². The van der Waals surface area contributed by atoms with E-state index in [2.05, 4.69) is 31.9 Å². The van der Waals surface area contributed by atoms with E-state index in [-0.39, 0.29) is 0 Å². The second-order valence-electron chi connectivity index (χ2n) is 4.54. The topological polar surface area (TPSA) is 55.8 Å². The molecule has 2 atom stereocenters. The van der Waals surface area contributed by atoms with Crippen LogP contribution < -0.4 is 0 Å². The van der Waals surface area contributed by atoms with E-state index >= 15 is 0 Å². The van der Waals surface area contributed by atoms with Gasteiger partial charge in [-0.25, -0.2) is 4.79 Å². The van der Waals surface area contributed by atoms with Crippen LogP contribution in [0.25, 0.3) is 0 Å². The summed E-state index contributed by atoms with van der Waals surface area (Å²) in [6.45, 7) is 0.527. The highest BCUT2D eigenvalue weighted by Gasteiger charge is 2.36. The highest BCUT2D eigenvalue weighted by atomic mass is 79.9. The van der Waals surface area contributed by atoms with E-state index in [4.69, 9.17) is 9.57 Å². The van der Waals surface area contributed by atoms with Crippen molar-refractivity contribution in [2.45, 2.75) is 23.9 Å². The number of nitrogens with zero attached hydrogens (tertiary/aromatic N) is 1. The van der Waals surface area contributed by atoms with Crippen LogP contribution in [0.1, 0.15) is 23.2 Å². The summed E-state index contributed by atoms with van der Waals surface area (Å²) in [5.41, 5.74) is 0.454. The molecule has 2 rings (SSSR count). The first-order chi connectivity index (χ1) is 10.1. The zero-order valence-electron chi connectivity index (χ0n) is 11.2. The molecule has 5 nitrogen and oxygen atoms in total. The minimum Gasteiger partial charge on any atom is -0.449 e. The van der Waals surface area contributed by atoms with E-state index in [1.54, 1.807) is 24.3 Å². The lowest BCUT2D eigenvalue weighted by molar-refractivity contribution is -0.169. The molecule has 0 bridgehead atoms. The van der Waals surface area contributed by atoms with Crippen molar-refractivity contribution in [3.63, 3.8) is 0 Å². The maximum atomic E-state index is 12.0. The van der Waals surface area contributed by atoms with Crippen molar-refractivity contribution in [1.29, 1.82) is 0 Å². The van der Waals surface area contributed by atoms with Crippen molar-refractivity contribution < 1.29 is 19.2 Å². The Morgan fingerprint density at radius 3 is 2.71 bits per heavy atom. The summed E-state index contributed by atoms with van der Waals surface area (Å²) in [4.78, 5) is 29.4. The van der Waals surface area contributed by atoms with Gasteiger partial charge < -0.3 is 9.57 Å². The van der Waals surface area contributed by atoms with Gasteiger partial charge in [-0.05, 0) is 40.9 Å². The number of rotatable bonds is 5. The molecule has 0 unspecified atom stereocenters. The number of halogens is 2. The van der Waals surface area contributed by atoms with Crippen LogP contribution >= 0.6 is 31.9 Å². The lowest BCUT2D eigenvalue weighted by Crippen LogP contribution is -2.39. The molecule has 0 N–H and O–H groups in total. The van der Waals surface area contributed by atoms with Gasteiger partial charge in [0.2, 0.25) is 0 Å². The third-order valence-corrected chi connectivity index (χ3v) is 5.02. The van der Waals surface area contributed by atoms with Gasteiger partial charge in [0.1, 0.15) is 6.04 Å². The Bertz CT molecular complexity index is 497. The number of ether oxygens (including phenoxy) is 1. The molecule has 1 fully saturated rings. The highest BCUT2D eigenvalue weighted by molar-refractivity contribution is 9.12. The molecular weight excluding hydrogens is 406 g/mol. The molecule has 114 valence electrons. The predicted molar refractivity (Wildman–Crippen MR) is 84.2 cm³/mol. The summed E-state index contributed by atoms with van der Waals surface area (Å²) >= 11 is 6.43. The summed E-state index contributed by atoms with van der Waals surface area (Å²) in [5.74, 6) is -0.860. The first-order valence-corrected chi connectivity index (χ1v) is 8.60. The quantitative estimate of drug-likeness (QED) is 0.541. The molecule has 0 spiro atoms. The standard InChI is InChI=1S/C14H15Br2NO4/c15-9-12(16)20-14(19)11-7-4-8-17(11)21-13(18)10-5-2-1-3-6-10/h1-3,5-6,11-12H,4,7-9H2/t11-,12+/m0/s1. The third-order valence-electron chi connectivity index (χ3n) is 3.05. The smallest absolute Gasteiger partial charge is 0.357 e. The molecule has 0 aliphatic carbocycles. The predicted octanol–water partition coefficient (Wildman–Crippen LogP) is 2.88. The molecule has 0 radical (unpaired) electrons. The Balaban J connectivity index is 1.96. The van der Waals surface area contributed by atoms with Crippen molar-refractivity contribution in [1.82, 2.24) is 5.06 Å². The zero-order chi connectivity index (χ0) is 15.2. The number of benzene rings is 1. The first kappa shape index (κ1) is 16.5. The fraction of sp³-hybridized carbons (Fsp3) is 0.429. The summed E-state index contributed by atoms with van der Waals surface area (Å²) in [7, 11) is 0. The van der Waals surface area contributed by atoms with E-state index in [0.29, 0.717) is 23.9 Å². The Kier molecular flexibility index (Phi) is 6.20. The van der Waals surface area contributed by atoms with Crippen LogP contribution in [0.5, 0.6) is 0 Å². The minimum absolute atomic E-state index is 0.391. The second kappa shape index (κ2) is 7.91. The van der Waals surface area contributed by atoms with E-state index in [9.17, 15) is 9.59 Å². The van der Waals surface area contributed by atoms with Gasteiger partial charge in [0.05, 0.1) is 10.9 Å². The maximum absolute atomic E-state index is 12.0. The summed E-state index contributed by atoms with van der Waals surface area (Å²) < 4.78 is 5.20. The average molecular weight is 421 g/mol. The van der Waals surface area contributed by atoms with Crippen molar-refractivity contribution in [2.24, 2.45) is 0 Å². The lowest BCUT2D eigenvalue weighted by atomic mass is 10.2. The van der Waals surface area contributed by atoms with Crippen LogP contribution in [0.15, 0.2) is 30.3 Å². The molecule has 21 heavy (non-hydrogen) atoms. The summed E-state index contributed by atoms with van der Waals surface area (Å²) in [5, 5.41) is 1.51. The number of carbonyl (C=O) groups is 2. The monoisotopic (exact) mass is 419 g/mol. The first-order valence-electron chi connectivity index (χ1n) is 6.56. The maximum Gasteiger partial charge on any atom is 0.357 e. The Morgan fingerprint density at radius 2 is 2.05 bits per heavy atom. The number of carbonyl (C=O) groups excluding carboxylic acids is 2. The van der Waals surface area contributed by atoms with Crippen LogP contribution in [0.2, 0.25) is 0 Å². The molecule has 1 heterocycles. The Morgan fingerprint density at radius 1 is 1.33 bits per heavy atom. The highest BCUT2D eigenvalue weighted by Crippen LogP contribution is 2.21. The van der Waals surface area contributed by atoms with Crippen LogP contribution in [-0.2, 0) is 14.4 Å². The third kappa shape index (κ3) is 4.52. The van der Waals surface area contributed by atoms with Crippen LogP contribution in [0.3, 0.4) is 0 Å². The number of hydroxylamine groups is 2. The van der Waals surface area contributed by atoms with Gasteiger partial charge >= 0.3 is 11.9 Å². The fourth-order valence-corrected chi connectivity index (χ4v) is 2.37. The van der Waals surface area contributed by atoms with Crippen molar-refractivity contribution in [2.75, 3.05) is 11.9 Å². The van der Waals surface area contributed by atoms with E-state index in [0.717, 1.165) is 6.42 Å². The number of esters is 1. The van der Waals surface area contributed by atoms with Crippen LogP contribution in [-0.4, -0.2) is 39.9 Å². The molecule has 0 saturated carbocycles. The normalized spacial score (nSPS) is 20.0. The Labute approximate surface area is 139 Å². The van der Waals surface area contributed by atoms with Gasteiger partial charge in [-0.15, -0.1) is 5.06 Å². The molecule has 0 aromatic heterocycles. The summed E-state index contributed by atoms with van der Waals surface area (Å²) in [6, 6.07) is 8.14. The van der Waals surface area contributed by atoms with E-state index in [1.807, 2.05) is 6.07 Å². The molecular formula is C14H15Br2NO4. The van der Waals surface area contributed by atoms with Gasteiger partial charge in [0, 0.05) is 6.54 Å². The SMILES string of the molecule is O=C(ON1CCC[C@H]1C(=O)O[C@@H](Br)CBr)c1ccccc1. The van der Waals surface area contributed by atoms with Crippen molar-refractivity contribution in [3.8, 4) is 0 Å². The van der Waals surface area contributed by atoms with Gasteiger partial charge in [-0.1, -0.05) is 34.1 Å². The van der Waals surface area contributed by atoms with E-state index < -0.39 is 23.0 Å². The van der Waals surface area contributed by atoms with Gasteiger partial charge in [-0.2, -0.15) is 0 Å². The zero-order valence-corrected chi connectivity index (χ0v) is 14.4. The van der Waals surface area contributed by atoms with Gasteiger partial charge in [0.15, 0.2) is 5.01 Å². The number of hydrogen-bond donors (Lipinski definition) is 0. The van der Waals surface area contributed by atoms with Crippen molar-refractivity contribution >= 4 is 43.8 Å². The fourth-order valence-electron chi connectivity index (χ4n) is 2.05. The largest absolute Gasteiger partial charge is 0.449 e. The van der Waals surface area contributed by atoms with Gasteiger partial charge in [-0.3, -0.25) is 4.79 Å².